The van der Waals surface area contributed by atoms with Gasteiger partial charge in [-0.05, 0) is 17.7 Å². The number of hydrogen-bond donors (Lipinski definition) is 2. The Balaban J connectivity index is 1.71. The maximum absolute atomic E-state index is 12.8. The zero-order valence-corrected chi connectivity index (χ0v) is 15.4. The number of rotatable bonds is 3. The molecular formula is C21H16N4O4. The van der Waals surface area contributed by atoms with Gasteiger partial charge < -0.3 is 9.88 Å². The average molecular weight is 388 g/mol. The summed E-state index contributed by atoms with van der Waals surface area (Å²) < 4.78 is 0. The first-order chi connectivity index (χ1) is 14.0. The number of hydrogen-bond acceptors (Lipinski definition) is 5. The highest BCUT2D eigenvalue weighted by molar-refractivity contribution is 6.38. The zero-order chi connectivity index (χ0) is 20.3. The summed E-state index contributed by atoms with van der Waals surface area (Å²) in [6.45, 7) is 0.457. The van der Waals surface area contributed by atoms with Crippen molar-refractivity contribution in [3.05, 3.63) is 75.5 Å². The van der Waals surface area contributed by atoms with Crippen LogP contribution < -0.4 is 10.2 Å². The molecule has 2 aromatic carbocycles. The number of likely N-dealkylation sites (N-methyl/N-ethyl adjacent to an activating group) is 1. The normalized spacial score (nSPS) is 18.5. The number of non-ortho nitro benzene ring substituents is 1. The van der Waals surface area contributed by atoms with Gasteiger partial charge in [0.1, 0.15) is 0 Å². The second kappa shape index (κ2) is 6.03. The van der Waals surface area contributed by atoms with Crippen LogP contribution >= 0.6 is 0 Å². The second-order valence-corrected chi connectivity index (χ2v) is 7.25. The van der Waals surface area contributed by atoms with Gasteiger partial charge in [-0.1, -0.05) is 18.2 Å². The highest BCUT2D eigenvalue weighted by Crippen LogP contribution is 2.45. The standard InChI is InChI=1S/C21H16N4O4/c1-24-10-15(13-7-6-11(25(28)29)8-17(13)24)19-18(20(26)23-21(19)27)14-9-22-16-5-3-2-4-12(14)16/h2-9,15,22H,10H2,1H3,(H,23,26,27). The van der Waals surface area contributed by atoms with Crippen LogP contribution in [0.2, 0.25) is 0 Å². The van der Waals surface area contributed by atoms with E-state index < -0.39 is 16.7 Å². The molecule has 0 aliphatic carbocycles. The van der Waals surface area contributed by atoms with Crippen LogP contribution in [-0.4, -0.2) is 35.3 Å². The fourth-order valence-corrected chi connectivity index (χ4v) is 4.34. The maximum atomic E-state index is 12.8. The van der Waals surface area contributed by atoms with Crippen molar-refractivity contribution in [2.24, 2.45) is 0 Å². The molecule has 2 aliphatic heterocycles. The summed E-state index contributed by atoms with van der Waals surface area (Å²) in [4.78, 5) is 41.2. The summed E-state index contributed by atoms with van der Waals surface area (Å²) in [6.07, 6.45) is 1.74. The van der Waals surface area contributed by atoms with Crippen molar-refractivity contribution in [1.29, 1.82) is 0 Å². The number of amides is 2. The highest BCUT2D eigenvalue weighted by atomic mass is 16.6. The number of fused-ring (bicyclic) bond motifs is 2. The number of imide groups is 1. The van der Waals surface area contributed by atoms with E-state index in [1.54, 1.807) is 12.3 Å². The topological polar surface area (TPSA) is 108 Å². The van der Waals surface area contributed by atoms with E-state index in [1.807, 2.05) is 36.2 Å². The molecule has 1 unspecified atom stereocenters. The number of aromatic amines is 1. The van der Waals surface area contributed by atoms with Crippen molar-refractivity contribution in [2.45, 2.75) is 5.92 Å². The molecule has 8 nitrogen and oxygen atoms in total. The van der Waals surface area contributed by atoms with Gasteiger partial charge in [0.05, 0.1) is 10.5 Å². The first-order valence-electron chi connectivity index (χ1n) is 9.11. The number of H-pyrrole nitrogens is 1. The fourth-order valence-electron chi connectivity index (χ4n) is 4.34. The third-order valence-corrected chi connectivity index (χ3v) is 5.64. The van der Waals surface area contributed by atoms with Gasteiger partial charge in [0, 0.05) is 65.6 Å². The van der Waals surface area contributed by atoms with Gasteiger partial charge in [0.25, 0.3) is 17.5 Å². The van der Waals surface area contributed by atoms with Crippen molar-refractivity contribution in [3.63, 3.8) is 0 Å². The van der Waals surface area contributed by atoms with Crippen LogP contribution in [0.5, 0.6) is 0 Å². The number of aromatic nitrogens is 1. The number of benzene rings is 2. The maximum Gasteiger partial charge on any atom is 0.271 e. The SMILES string of the molecule is CN1CC(C2=C(c3c[nH]c4ccccc34)C(=O)NC2=O)c2ccc([N+](=O)[O-])cc21. The van der Waals surface area contributed by atoms with Gasteiger partial charge in [-0.15, -0.1) is 0 Å². The predicted molar refractivity (Wildman–Crippen MR) is 107 cm³/mol. The van der Waals surface area contributed by atoms with Crippen LogP contribution in [0.1, 0.15) is 17.0 Å². The Morgan fingerprint density at radius 2 is 1.93 bits per heavy atom. The number of para-hydroxylation sites is 1. The summed E-state index contributed by atoms with van der Waals surface area (Å²) in [6, 6.07) is 12.2. The molecule has 3 heterocycles. The van der Waals surface area contributed by atoms with Crippen molar-refractivity contribution in [2.75, 3.05) is 18.5 Å². The molecule has 5 rings (SSSR count). The first kappa shape index (κ1) is 17.2. The number of carbonyl (C=O) groups excluding carboxylic acids is 2. The lowest BCUT2D eigenvalue weighted by Crippen LogP contribution is -2.25. The van der Waals surface area contributed by atoms with Gasteiger partial charge in [-0.25, -0.2) is 0 Å². The summed E-state index contributed by atoms with van der Waals surface area (Å²) in [5.74, 6) is -1.20. The minimum absolute atomic E-state index is 0.00553. The van der Waals surface area contributed by atoms with E-state index in [-0.39, 0.29) is 11.6 Å². The largest absolute Gasteiger partial charge is 0.373 e. The molecule has 0 saturated heterocycles. The molecule has 144 valence electrons. The zero-order valence-electron chi connectivity index (χ0n) is 15.4. The summed E-state index contributed by atoms with van der Waals surface area (Å²) >= 11 is 0. The number of nitrogens with zero attached hydrogens (tertiary/aromatic N) is 2. The van der Waals surface area contributed by atoms with Crippen molar-refractivity contribution >= 4 is 39.7 Å². The minimum Gasteiger partial charge on any atom is -0.373 e. The summed E-state index contributed by atoms with van der Waals surface area (Å²) in [7, 11) is 1.82. The Kier molecular flexibility index (Phi) is 3.57. The van der Waals surface area contributed by atoms with Crippen molar-refractivity contribution < 1.29 is 14.5 Å². The molecule has 1 aromatic heterocycles. The third-order valence-electron chi connectivity index (χ3n) is 5.64. The molecule has 2 N–H and O–H groups in total. The average Bonchev–Trinajstić information content (AvgIpc) is 3.35. The Bertz CT molecular complexity index is 1260. The van der Waals surface area contributed by atoms with Gasteiger partial charge in [-0.3, -0.25) is 25.0 Å². The molecule has 29 heavy (non-hydrogen) atoms. The van der Waals surface area contributed by atoms with E-state index in [0.717, 1.165) is 16.5 Å². The Labute approximate surface area is 165 Å². The summed E-state index contributed by atoms with van der Waals surface area (Å²) in [5.41, 5.74) is 3.81. The van der Waals surface area contributed by atoms with Crippen LogP contribution in [0.25, 0.3) is 16.5 Å². The molecule has 8 heteroatoms. The Hall–Kier alpha value is -3.94. The fraction of sp³-hybridized carbons (Fsp3) is 0.143. The van der Waals surface area contributed by atoms with E-state index in [1.165, 1.54) is 12.1 Å². The number of anilines is 1. The van der Waals surface area contributed by atoms with Gasteiger partial charge in [-0.2, -0.15) is 0 Å². The molecule has 0 radical (unpaired) electrons. The van der Waals surface area contributed by atoms with Crippen molar-refractivity contribution in [3.8, 4) is 0 Å². The number of carbonyl (C=O) groups is 2. The van der Waals surface area contributed by atoms with Gasteiger partial charge in [0.15, 0.2) is 0 Å². The molecule has 2 aliphatic rings. The number of nitrogens with one attached hydrogen (secondary N) is 2. The van der Waals surface area contributed by atoms with Crippen LogP contribution in [0, 0.1) is 10.1 Å². The van der Waals surface area contributed by atoms with Crippen molar-refractivity contribution in [1.82, 2.24) is 10.3 Å². The number of nitro groups is 1. The highest BCUT2D eigenvalue weighted by Gasteiger charge is 2.41. The van der Waals surface area contributed by atoms with Crippen LogP contribution in [0.4, 0.5) is 11.4 Å². The van der Waals surface area contributed by atoms with Crippen LogP contribution in [-0.2, 0) is 9.59 Å². The van der Waals surface area contributed by atoms with E-state index in [2.05, 4.69) is 10.3 Å². The number of nitro benzene ring substituents is 1. The second-order valence-electron chi connectivity index (χ2n) is 7.25. The van der Waals surface area contributed by atoms with Gasteiger partial charge >= 0.3 is 0 Å². The van der Waals surface area contributed by atoms with E-state index >= 15 is 0 Å². The first-order valence-corrected chi connectivity index (χ1v) is 9.11. The quantitative estimate of drug-likeness (QED) is 0.407. The smallest absolute Gasteiger partial charge is 0.271 e. The lowest BCUT2D eigenvalue weighted by Gasteiger charge is -2.14. The van der Waals surface area contributed by atoms with E-state index in [0.29, 0.717) is 28.9 Å². The summed E-state index contributed by atoms with van der Waals surface area (Å²) in [5, 5.41) is 14.4. The third kappa shape index (κ3) is 2.46. The van der Waals surface area contributed by atoms with Gasteiger partial charge in [0.2, 0.25) is 0 Å². The molecule has 0 saturated carbocycles. The Morgan fingerprint density at radius 1 is 1.14 bits per heavy atom. The molecule has 0 bridgehead atoms. The lowest BCUT2D eigenvalue weighted by molar-refractivity contribution is -0.384. The molecule has 2 amide bonds. The van der Waals surface area contributed by atoms with E-state index in [4.69, 9.17) is 0 Å². The molecular weight excluding hydrogens is 372 g/mol. The van der Waals surface area contributed by atoms with E-state index in [9.17, 15) is 19.7 Å². The van der Waals surface area contributed by atoms with Crippen LogP contribution in [0.3, 0.4) is 0 Å². The Morgan fingerprint density at radius 3 is 2.72 bits per heavy atom. The molecule has 1 atom stereocenters. The molecule has 3 aromatic rings. The predicted octanol–water partition coefficient (Wildman–Crippen LogP) is 2.72. The minimum atomic E-state index is -0.441. The molecule has 0 spiro atoms. The van der Waals surface area contributed by atoms with Crippen LogP contribution in [0.15, 0.2) is 54.2 Å². The monoisotopic (exact) mass is 388 g/mol. The lowest BCUT2D eigenvalue weighted by atomic mass is 9.88. The molecule has 0 fully saturated rings.